The lowest BCUT2D eigenvalue weighted by Gasteiger charge is -2.43. The summed E-state index contributed by atoms with van der Waals surface area (Å²) in [6.45, 7) is 0. The lowest BCUT2D eigenvalue weighted by Crippen LogP contribution is -2.65. The average molecular weight is 283 g/mol. The Morgan fingerprint density at radius 1 is 1.00 bits per heavy atom. The van der Waals surface area contributed by atoms with E-state index in [1.54, 1.807) is 7.11 Å². The van der Waals surface area contributed by atoms with Crippen molar-refractivity contribution in [1.82, 2.24) is 5.32 Å². The molecule has 0 aromatic carbocycles. The maximum absolute atomic E-state index is 12.5. The van der Waals surface area contributed by atoms with E-state index < -0.39 is 5.54 Å². The van der Waals surface area contributed by atoms with Gasteiger partial charge < -0.3 is 9.47 Å². The van der Waals surface area contributed by atoms with E-state index in [1.165, 1.54) is 32.8 Å². The van der Waals surface area contributed by atoms with Crippen molar-refractivity contribution < 1.29 is 14.3 Å². The van der Waals surface area contributed by atoms with Gasteiger partial charge in [-0.3, -0.25) is 5.32 Å². The highest BCUT2D eigenvalue weighted by atomic mass is 16.5. The van der Waals surface area contributed by atoms with Crippen LogP contribution in [0.4, 0.5) is 0 Å². The van der Waals surface area contributed by atoms with Gasteiger partial charge >= 0.3 is 5.97 Å². The molecule has 2 unspecified atom stereocenters. The summed E-state index contributed by atoms with van der Waals surface area (Å²) >= 11 is 0. The van der Waals surface area contributed by atoms with Gasteiger partial charge in [0.05, 0.1) is 13.2 Å². The van der Waals surface area contributed by atoms with Gasteiger partial charge in [0.1, 0.15) is 5.54 Å². The third-order valence-electron chi connectivity index (χ3n) is 4.99. The Morgan fingerprint density at radius 3 is 2.25 bits per heavy atom. The predicted octanol–water partition coefficient (Wildman–Crippen LogP) is 2.80. The van der Waals surface area contributed by atoms with Gasteiger partial charge in [-0.1, -0.05) is 38.5 Å². The Morgan fingerprint density at radius 2 is 1.65 bits per heavy atom. The molecule has 0 saturated heterocycles. The highest BCUT2D eigenvalue weighted by Crippen LogP contribution is 2.33. The van der Waals surface area contributed by atoms with E-state index in [2.05, 4.69) is 5.32 Å². The molecular weight excluding hydrogens is 254 g/mol. The quantitative estimate of drug-likeness (QED) is 0.636. The molecule has 0 radical (unpaired) electrons. The predicted molar refractivity (Wildman–Crippen MR) is 78.6 cm³/mol. The van der Waals surface area contributed by atoms with Crippen LogP contribution >= 0.6 is 0 Å². The molecule has 2 rings (SSSR count). The molecule has 2 saturated carbocycles. The highest BCUT2D eigenvalue weighted by Gasteiger charge is 2.49. The molecule has 20 heavy (non-hydrogen) atoms. The molecule has 1 N–H and O–H groups in total. The number of methoxy groups -OCH3 is 2. The number of ether oxygens (including phenoxy) is 2. The molecule has 0 spiro atoms. The van der Waals surface area contributed by atoms with Crippen molar-refractivity contribution in [2.75, 3.05) is 14.2 Å². The summed E-state index contributed by atoms with van der Waals surface area (Å²) < 4.78 is 10.8. The summed E-state index contributed by atoms with van der Waals surface area (Å²) in [5.41, 5.74) is -0.628. The van der Waals surface area contributed by atoms with Crippen LogP contribution in [0.3, 0.4) is 0 Å². The van der Waals surface area contributed by atoms with Crippen LogP contribution < -0.4 is 5.32 Å². The maximum atomic E-state index is 12.5. The zero-order chi connectivity index (χ0) is 14.4. The van der Waals surface area contributed by atoms with Crippen LogP contribution in [0.1, 0.15) is 64.2 Å². The van der Waals surface area contributed by atoms with Gasteiger partial charge in [-0.05, 0) is 25.7 Å². The lowest BCUT2D eigenvalue weighted by molar-refractivity contribution is -0.159. The van der Waals surface area contributed by atoms with Gasteiger partial charge in [-0.25, -0.2) is 4.79 Å². The highest BCUT2D eigenvalue weighted by molar-refractivity contribution is 5.82. The zero-order valence-corrected chi connectivity index (χ0v) is 13.0. The van der Waals surface area contributed by atoms with E-state index in [0.717, 1.165) is 38.5 Å². The topological polar surface area (TPSA) is 47.6 Å². The van der Waals surface area contributed by atoms with E-state index in [9.17, 15) is 4.79 Å². The molecule has 0 aliphatic heterocycles. The fraction of sp³-hybridized carbons (Fsp3) is 0.938. The first-order valence-electron chi connectivity index (χ1n) is 8.12. The van der Waals surface area contributed by atoms with Crippen LogP contribution in [0.15, 0.2) is 0 Å². The Bertz CT molecular complexity index is 313. The van der Waals surface area contributed by atoms with Crippen LogP contribution in [0.25, 0.3) is 0 Å². The molecule has 2 aliphatic carbocycles. The van der Waals surface area contributed by atoms with Crippen LogP contribution in [0, 0.1) is 0 Å². The van der Waals surface area contributed by atoms with Gasteiger partial charge in [-0.15, -0.1) is 0 Å². The summed E-state index contributed by atoms with van der Waals surface area (Å²) in [5, 5.41) is 3.66. The molecule has 0 bridgehead atoms. The van der Waals surface area contributed by atoms with Gasteiger partial charge in [-0.2, -0.15) is 0 Å². The molecule has 0 aromatic heterocycles. The Hall–Kier alpha value is -0.610. The normalized spacial score (nSPS) is 32.6. The monoisotopic (exact) mass is 283 g/mol. The van der Waals surface area contributed by atoms with Crippen molar-refractivity contribution in [3.63, 3.8) is 0 Å². The fourth-order valence-electron chi connectivity index (χ4n) is 3.89. The summed E-state index contributed by atoms with van der Waals surface area (Å²) in [6, 6.07) is 0.423. The van der Waals surface area contributed by atoms with Crippen molar-refractivity contribution in [1.29, 1.82) is 0 Å². The number of carbonyl (C=O) groups is 1. The van der Waals surface area contributed by atoms with E-state index in [4.69, 9.17) is 9.47 Å². The molecule has 2 atom stereocenters. The first-order chi connectivity index (χ1) is 9.73. The largest absolute Gasteiger partial charge is 0.468 e. The molecule has 0 heterocycles. The van der Waals surface area contributed by atoms with Gasteiger partial charge in [0.15, 0.2) is 0 Å². The van der Waals surface area contributed by atoms with E-state index in [-0.39, 0.29) is 12.1 Å². The fourth-order valence-corrected chi connectivity index (χ4v) is 3.89. The van der Waals surface area contributed by atoms with Crippen LogP contribution in [0.5, 0.6) is 0 Å². The summed E-state index contributed by atoms with van der Waals surface area (Å²) in [6.07, 6.45) is 11.4. The molecule has 4 heteroatoms. The smallest absolute Gasteiger partial charge is 0.328 e. The Labute approximate surface area is 122 Å². The third-order valence-corrected chi connectivity index (χ3v) is 4.99. The van der Waals surface area contributed by atoms with Crippen LogP contribution in [-0.2, 0) is 14.3 Å². The third kappa shape index (κ3) is 3.34. The Balaban J connectivity index is 2.14. The standard InChI is InChI=1S/C16H29NO3/c1-19-14-11-7-8-12-16(14,15(18)20-2)17-13-9-5-3-4-6-10-13/h13-14,17H,3-12H2,1-2H3. The first-order valence-corrected chi connectivity index (χ1v) is 8.12. The SMILES string of the molecule is COC(=O)C1(NC2CCCCCC2)CCCCC1OC. The molecule has 2 fully saturated rings. The van der Waals surface area contributed by atoms with Gasteiger partial charge in [0.2, 0.25) is 0 Å². The van der Waals surface area contributed by atoms with Crippen molar-refractivity contribution in [3.8, 4) is 0 Å². The van der Waals surface area contributed by atoms with E-state index >= 15 is 0 Å². The first kappa shape index (κ1) is 15.8. The van der Waals surface area contributed by atoms with Crippen molar-refractivity contribution in [3.05, 3.63) is 0 Å². The van der Waals surface area contributed by atoms with Gasteiger partial charge in [0, 0.05) is 13.2 Å². The number of nitrogens with one attached hydrogen (secondary N) is 1. The number of esters is 1. The minimum atomic E-state index is -0.628. The molecular formula is C16H29NO3. The second-order valence-corrected chi connectivity index (χ2v) is 6.27. The van der Waals surface area contributed by atoms with E-state index in [1.807, 2.05) is 0 Å². The minimum Gasteiger partial charge on any atom is -0.468 e. The molecule has 4 nitrogen and oxygen atoms in total. The number of hydrogen-bond donors (Lipinski definition) is 1. The van der Waals surface area contributed by atoms with Gasteiger partial charge in [0.25, 0.3) is 0 Å². The van der Waals surface area contributed by atoms with Crippen LogP contribution in [-0.4, -0.2) is 37.9 Å². The second-order valence-electron chi connectivity index (χ2n) is 6.27. The minimum absolute atomic E-state index is 0.0630. The second kappa shape index (κ2) is 7.41. The maximum Gasteiger partial charge on any atom is 0.328 e. The molecule has 0 aromatic rings. The Kier molecular flexibility index (Phi) is 5.85. The number of carbonyl (C=O) groups excluding carboxylic acids is 1. The molecule has 0 amide bonds. The zero-order valence-electron chi connectivity index (χ0n) is 13.0. The van der Waals surface area contributed by atoms with Crippen molar-refractivity contribution >= 4 is 5.97 Å². The van der Waals surface area contributed by atoms with Crippen molar-refractivity contribution in [2.24, 2.45) is 0 Å². The summed E-state index contributed by atoms with van der Waals surface area (Å²) in [7, 11) is 3.20. The van der Waals surface area contributed by atoms with Crippen LogP contribution in [0.2, 0.25) is 0 Å². The number of hydrogen-bond acceptors (Lipinski definition) is 4. The molecule has 116 valence electrons. The van der Waals surface area contributed by atoms with Crippen molar-refractivity contribution in [2.45, 2.75) is 81.9 Å². The lowest BCUT2D eigenvalue weighted by atomic mass is 9.78. The number of rotatable bonds is 4. The average Bonchev–Trinajstić information content (AvgIpc) is 2.75. The summed E-state index contributed by atoms with van der Waals surface area (Å²) in [4.78, 5) is 12.5. The van der Waals surface area contributed by atoms with E-state index in [0.29, 0.717) is 6.04 Å². The summed E-state index contributed by atoms with van der Waals surface area (Å²) in [5.74, 6) is -0.145. The molecule has 2 aliphatic rings.